The summed E-state index contributed by atoms with van der Waals surface area (Å²) in [6.45, 7) is 6.96. The van der Waals surface area contributed by atoms with Crippen LogP contribution in [0, 0.1) is 11.3 Å². The van der Waals surface area contributed by atoms with Crippen molar-refractivity contribution in [2.45, 2.75) is 96.2 Å². The minimum absolute atomic E-state index is 0.239. The average Bonchev–Trinajstić information content (AvgIpc) is 3.39. The van der Waals surface area contributed by atoms with Gasteiger partial charge in [0.2, 0.25) is 0 Å². The van der Waals surface area contributed by atoms with Gasteiger partial charge in [-0.05, 0) is 43.2 Å². The molecular weight excluding hydrogens is 478 g/mol. The highest BCUT2D eigenvalue weighted by atomic mass is 16.6. The van der Waals surface area contributed by atoms with Crippen molar-refractivity contribution in [2.24, 2.45) is 17.1 Å². The van der Waals surface area contributed by atoms with E-state index in [1.807, 2.05) is 20.8 Å². The zero-order valence-electron chi connectivity index (χ0n) is 22.1. The lowest BCUT2D eigenvalue weighted by molar-refractivity contribution is -0.162. The first-order valence-corrected chi connectivity index (χ1v) is 13.0. The number of nitrogens with zero attached hydrogens (tertiary/aromatic N) is 3. The Labute approximate surface area is 216 Å². The van der Waals surface area contributed by atoms with Crippen molar-refractivity contribution in [3.63, 3.8) is 0 Å². The number of aliphatic hydroxyl groups excluding tert-OH is 1. The SMILES string of the molecule is CC(C)(C)[C@@H](N)C(=O)OC[C@H]1O[C@@](C)(c2ccc3c(N)ncnn23)[C@H](O)[C@@H]1OC(=O)CC1CCCCC1. The molecule has 5 N–H and O–H groups in total. The van der Waals surface area contributed by atoms with E-state index in [9.17, 15) is 14.7 Å². The zero-order chi connectivity index (χ0) is 27.0. The largest absolute Gasteiger partial charge is 0.462 e. The fraction of sp³-hybridized carbons (Fsp3) is 0.692. The summed E-state index contributed by atoms with van der Waals surface area (Å²) in [5.74, 6) is -0.463. The summed E-state index contributed by atoms with van der Waals surface area (Å²) >= 11 is 0. The second-order valence-corrected chi connectivity index (χ2v) is 11.5. The molecule has 2 aromatic heterocycles. The Bertz CT molecular complexity index is 1120. The highest BCUT2D eigenvalue weighted by Crippen LogP contribution is 2.42. The van der Waals surface area contributed by atoms with Gasteiger partial charge in [0.05, 0.1) is 5.69 Å². The first-order chi connectivity index (χ1) is 17.4. The Morgan fingerprint density at radius 1 is 1.27 bits per heavy atom. The molecule has 11 nitrogen and oxygen atoms in total. The molecule has 1 saturated carbocycles. The van der Waals surface area contributed by atoms with Gasteiger partial charge in [-0.2, -0.15) is 5.10 Å². The molecule has 0 bridgehead atoms. The van der Waals surface area contributed by atoms with Crippen LogP contribution in [0.15, 0.2) is 18.5 Å². The molecule has 1 aliphatic heterocycles. The molecule has 0 aromatic carbocycles. The number of esters is 2. The fourth-order valence-corrected chi connectivity index (χ4v) is 5.21. The van der Waals surface area contributed by atoms with Crippen molar-refractivity contribution in [1.29, 1.82) is 0 Å². The summed E-state index contributed by atoms with van der Waals surface area (Å²) in [5.41, 5.74) is 11.2. The highest BCUT2D eigenvalue weighted by molar-refractivity contribution is 5.76. The van der Waals surface area contributed by atoms with E-state index in [4.69, 9.17) is 25.7 Å². The minimum Gasteiger partial charge on any atom is -0.462 e. The number of anilines is 1. The number of aromatic nitrogens is 3. The molecule has 1 saturated heterocycles. The first kappa shape index (κ1) is 27.3. The van der Waals surface area contributed by atoms with E-state index in [-0.39, 0.29) is 24.8 Å². The van der Waals surface area contributed by atoms with E-state index in [1.165, 1.54) is 17.3 Å². The number of nitrogens with two attached hydrogens (primary N) is 2. The number of ether oxygens (including phenoxy) is 3. The van der Waals surface area contributed by atoms with Crippen molar-refractivity contribution < 1.29 is 28.9 Å². The van der Waals surface area contributed by atoms with Gasteiger partial charge in [-0.15, -0.1) is 0 Å². The quantitative estimate of drug-likeness (QED) is 0.463. The molecule has 204 valence electrons. The zero-order valence-corrected chi connectivity index (χ0v) is 22.1. The number of nitrogen functional groups attached to an aromatic ring is 1. The van der Waals surface area contributed by atoms with Crippen LogP contribution in [0.25, 0.3) is 5.52 Å². The van der Waals surface area contributed by atoms with E-state index in [0.717, 1.165) is 25.7 Å². The smallest absolute Gasteiger partial charge is 0.323 e. The fourth-order valence-electron chi connectivity index (χ4n) is 5.21. The predicted octanol–water partition coefficient (Wildman–Crippen LogP) is 2.09. The van der Waals surface area contributed by atoms with Crippen LogP contribution in [-0.2, 0) is 29.4 Å². The van der Waals surface area contributed by atoms with Crippen molar-refractivity contribution >= 4 is 23.3 Å². The van der Waals surface area contributed by atoms with Gasteiger partial charge < -0.3 is 30.8 Å². The van der Waals surface area contributed by atoms with Crippen LogP contribution in [0.2, 0.25) is 0 Å². The summed E-state index contributed by atoms with van der Waals surface area (Å²) in [7, 11) is 0. The van der Waals surface area contributed by atoms with Crippen molar-refractivity contribution in [1.82, 2.24) is 14.6 Å². The Balaban J connectivity index is 1.57. The monoisotopic (exact) mass is 517 g/mol. The summed E-state index contributed by atoms with van der Waals surface area (Å²) < 4.78 is 19.2. The van der Waals surface area contributed by atoms with Gasteiger partial charge in [-0.3, -0.25) is 9.59 Å². The number of carbonyl (C=O) groups excluding carboxylic acids is 2. The van der Waals surface area contributed by atoms with E-state index >= 15 is 0 Å². The molecule has 4 rings (SSSR count). The molecule has 37 heavy (non-hydrogen) atoms. The third kappa shape index (κ3) is 5.58. The van der Waals surface area contributed by atoms with Gasteiger partial charge >= 0.3 is 11.9 Å². The predicted molar refractivity (Wildman–Crippen MR) is 135 cm³/mol. The van der Waals surface area contributed by atoms with Gasteiger partial charge in [0.15, 0.2) is 11.9 Å². The van der Waals surface area contributed by atoms with Gasteiger partial charge in [-0.25, -0.2) is 9.50 Å². The van der Waals surface area contributed by atoms with Crippen LogP contribution < -0.4 is 11.5 Å². The lowest BCUT2D eigenvalue weighted by atomic mass is 9.87. The number of carbonyl (C=O) groups is 2. The van der Waals surface area contributed by atoms with E-state index in [2.05, 4.69) is 10.1 Å². The third-order valence-electron chi connectivity index (χ3n) is 7.65. The van der Waals surface area contributed by atoms with E-state index in [0.29, 0.717) is 11.2 Å². The van der Waals surface area contributed by atoms with E-state index in [1.54, 1.807) is 19.1 Å². The van der Waals surface area contributed by atoms with Gasteiger partial charge in [-0.1, -0.05) is 40.0 Å². The topological polar surface area (TPSA) is 164 Å². The third-order valence-corrected chi connectivity index (χ3v) is 7.65. The molecule has 2 aliphatic rings. The molecule has 0 amide bonds. The highest BCUT2D eigenvalue weighted by Gasteiger charge is 2.56. The summed E-state index contributed by atoms with van der Waals surface area (Å²) in [4.78, 5) is 29.5. The molecule has 1 aliphatic carbocycles. The maximum atomic E-state index is 12.9. The lowest BCUT2D eigenvalue weighted by Crippen LogP contribution is -2.45. The standard InChI is InChI=1S/C26H39N5O6/c1-25(2,3)21(27)24(34)35-13-17-20(36-19(32)12-15-8-6-5-7-9-15)22(33)26(4,37-17)18-11-10-16-23(28)29-14-30-31(16)18/h10-11,14-15,17,20-22,33H,5-9,12-13,27H2,1-4H3,(H2,28,29,30)/t17-,20-,21+,22-,26+/m1/s1. The molecular formula is C26H39N5O6. The molecule has 0 spiro atoms. The Morgan fingerprint density at radius 3 is 2.65 bits per heavy atom. The molecule has 2 aromatic rings. The van der Waals surface area contributed by atoms with Crippen molar-refractivity contribution in [2.75, 3.05) is 12.3 Å². The van der Waals surface area contributed by atoms with Crippen LogP contribution in [0.1, 0.15) is 71.9 Å². The van der Waals surface area contributed by atoms with Gasteiger partial charge in [0.1, 0.15) is 42.3 Å². The second kappa shape index (κ2) is 10.5. The molecule has 0 radical (unpaired) electrons. The average molecular weight is 518 g/mol. The summed E-state index contributed by atoms with van der Waals surface area (Å²) in [5, 5.41) is 15.7. The normalized spacial score (nSPS) is 27.8. The number of hydrogen-bond acceptors (Lipinski definition) is 10. The van der Waals surface area contributed by atoms with Gasteiger partial charge in [0.25, 0.3) is 0 Å². The summed E-state index contributed by atoms with van der Waals surface area (Å²) in [6, 6.07) is 2.60. The first-order valence-electron chi connectivity index (χ1n) is 13.0. The molecule has 0 unspecified atom stereocenters. The lowest BCUT2D eigenvalue weighted by Gasteiger charge is -2.28. The minimum atomic E-state index is -1.34. The number of aliphatic hydroxyl groups is 1. The van der Waals surface area contributed by atoms with Crippen molar-refractivity contribution in [3.05, 3.63) is 24.2 Å². The molecule has 11 heteroatoms. The van der Waals surface area contributed by atoms with Crippen molar-refractivity contribution in [3.8, 4) is 0 Å². The van der Waals surface area contributed by atoms with Crippen LogP contribution >= 0.6 is 0 Å². The van der Waals surface area contributed by atoms with Crippen LogP contribution in [0.4, 0.5) is 5.82 Å². The molecule has 5 atom stereocenters. The molecule has 3 heterocycles. The van der Waals surface area contributed by atoms with Crippen LogP contribution in [0.3, 0.4) is 0 Å². The van der Waals surface area contributed by atoms with Crippen LogP contribution in [0.5, 0.6) is 0 Å². The van der Waals surface area contributed by atoms with E-state index < -0.39 is 47.3 Å². The second-order valence-electron chi connectivity index (χ2n) is 11.5. The van der Waals surface area contributed by atoms with Crippen LogP contribution in [-0.4, -0.2) is 62.6 Å². The maximum absolute atomic E-state index is 12.9. The maximum Gasteiger partial charge on any atom is 0.323 e. The number of fused-ring (bicyclic) bond motifs is 1. The number of hydrogen-bond donors (Lipinski definition) is 3. The summed E-state index contributed by atoms with van der Waals surface area (Å²) in [6.07, 6.45) is 3.69. The Hall–Kier alpha value is -2.76. The Morgan fingerprint density at radius 2 is 1.97 bits per heavy atom. The molecule has 2 fully saturated rings. The Kier molecular flexibility index (Phi) is 7.77. The number of rotatable bonds is 7. The van der Waals surface area contributed by atoms with Gasteiger partial charge in [0, 0.05) is 6.42 Å².